The Morgan fingerprint density at radius 1 is 1.15 bits per heavy atom. The minimum Gasteiger partial charge on any atom is -0.507 e. The number of aliphatic hydroxyl groups is 1. The third-order valence-electron chi connectivity index (χ3n) is 5.89. The monoisotopic (exact) mass is 451 g/mol. The average molecular weight is 452 g/mol. The highest BCUT2D eigenvalue weighted by atomic mass is 16.5. The van der Waals surface area contributed by atoms with Gasteiger partial charge in [-0.25, -0.2) is 0 Å². The Morgan fingerprint density at radius 2 is 1.94 bits per heavy atom. The number of benzene rings is 1. The highest BCUT2D eigenvalue weighted by molar-refractivity contribution is 6.46. The van der Waals surface area contributed by atoms with Crippen LogP contribution in [0.3, 0.4) is 0 Å². The Hall–Kier alpha value is -3.19. The Kier molecular flexibility index (Phi) is 8.60. The molecule has 1 unspecified atom stereocenters. The number of ether oxygens (including phenoxy) is 1. The van der Waals surface area contributed by atoms with Gasteiger partial charge >= 0.3 is 0 Å². The Bertz CT molecular complexity index is 986. The van der Waals surface area contributed by atoms with Gasteiger partial charge in [0.2, 0.25) is 0 Å². The molecule has 33 heavy (non-hydrogen) atoms. The van der Waals surface area contributed by atoms with E-state index >= 15 is 0 Å². The van der Waals surface area contributed by atoms with Crippen LogP contribution >= 0.6 is 0 Å². The quantitative estimate of drug-likeness (QED) is 0.316. The van der Waals surface area contributed by atoms with Gasteiger partial charge in [-0.1, -0.05) is 39.0 Å². The van der Waals surface area contributed by atoms with Gasteiger partial charge in [0.25, 0.3) is 11.7 Å². The molecule has 1 amide bonds. The van der Waals surface area contributed by atoms with Crippen molar-refractivity contribution in [2.24, 2.45) is 0 Å². The number of amides is 1. The average Bonchev–Trinajstić information content (AvgIpc) is 3.10. The van der Waals surface area contributed by atoms with Crippen molar-refractivity contribution in [3.05, 3.63) is 65.5 Å². The number of ketones is 1. The molecule has 1 N–H and O–H groups in total. The fourth-order valence-corrected chi connectivity index (χ4v) is 4.11. The molecule has 0 spiro atoms. The first kappa shape index (κ1) is 24.5. The molecule has 2 heterocycles. The second kappa shape index (κ2) is 11.6. The zero-order valence-corrected chi connectivity index (χ0v) is 19.7. The van der Waals surface area contributed by atoms with Crippen molar-refractivity contribution in [3.63, 3.8) is 0 Å². The van der Waals surface area contributed by atoms with Crippen LogP contribution in [0.4, 0.5) is 0 Å². The second-order valence-electron chi connectivity index (χ2n) is 8.04. The lowest BCUT2D eigenvalue weighted by Crippen LogP contribution is -2.33. The van der Waals surface area contributed by atoms with Crippen molar-refractivity contribution in [1.82, 2.24) is 14.8 Å². The number of nitrogens with zero attached hydrogens (tertiary/aromatic N) is 3. The number of aliphatic hydroxyl groups excluding tert-OH is 1. The lowest BCUT2D eigenvalue weighted by Gasteiger charge is -2.26. The van der Waals surface area contributed by atoms with Crippen molar-refractivity contribution >= 4 is 17.4 Å². The minimum atomic E-state index is -0.685. The van der Waals surface area contributed by atoms with Crippen LogP contribution in [0.5, 0.6) is 5.75 Å². The number of rotatable bonds is 11. The predicted octanol–water partition coefficient (Wildman–Crippen LogP) is 4.02. The molecule has 1 aliphatic rings. The van der Waals surface area contributed by atoms with Crippen LogP contribution in [-0.4, -0.2) is 64.4 Å². The molecule has 1 fully saturated rings. The second-order valence-corrected chi connectivity index (χ2v) is 8.04. The molecule has 3 rings (SSSR count). The van der Waals surface area contributed by atoms with E-state index in [2.05, 4.69) is 23.7 Å². The van der Waals surface area contributed by atoms with E-state index in [0.717, 1.165) is 32.5 Å². The van der Waals surface area contributed by atoms with Crippen LogP contribution < -0.4 is 4.74 Å². The standard InChI is InChI=1S/C26H33N3O4/c1-4-16-33-21-12-7-10-19(17-21)24(30)22-23(20-11-8-13-27-18-20)29(26(32)25(22)31)15-9-14-28(5-2)6-3/h7-8,10-13,17-18,23,30H,4-6,9,14-16H2,1-3H3/b24-22+. The number of carbonyl (C=O) groups excluding carboxylic acids is 2. The molecule has 176 valence electrons. The number of aromatic nitrogens is 1. The number of carbonyl (C=O) groups is 2. The van der Waals surface area contributed by atoms with Gasteiger partial charge in [-0.15, -0.1) is 0 Å². The molecule has 1 aliphatic heterocycles. The van der Waals surface area contributed by atoms with Crippen molar-refractivity contribution in [2.45, 2.75) is 39.7 Å². The molecule has 1 saturated heterocycles. The third kappa shape index (κ3) is 5.60. The van der Waals surface area contributed by atoms with E-state index < -0.39 is 17.7 Å². The molecular formula is C26H33N3O4. The largest absolute Gasteiger partial charge is 0.507 e. The Morgan fingerprint density at radius 3 is 2.61 bits per heavy atom. The summed E-state index contributed by atoms with van der Waals surface area (Å²) in [6.07, 6.45) is 4.87. The molecule has 0 saturated carbocycles. The maximum Gasteiger partial charge on any atom is 0.295 e. The first-order chi connectivity index (χ1) is 16.0. The Balaban J connectivity index is 1.98. The molecule has 0 bridgehead atoms. The van der Waals surface area contributed by atoms with Gasteiger partial charge in [-0.05, 0) is 56.2 Å². The summed E-state index contributed by atoms with van der Waals surface area (Å²) < 4.78 is 5.68. The topological polar surface area (TPSA) is 83.0 Å². The minimum absolute atomic E-state index is 0.0866. The van der Waals surface area contributed by atoms with Crippen LogP contribution in [0.15, 0.2) is 54.4 Å². The summed E-state index contributed by atoms with van der Waals surface area (Å²) in [5.41, 5.74) is 1.22. The number of pyridine rings is 1. The van der Waals surface area contributed by atoms with Crippen LogP contribution in [0.25, 0.3) is 5.76 Å². The molecule has 1 aromatic heterocycles. The van der Waals surface area contributed by atoms with Gasteiger partial charge < -0.3 is 19.6 Å². The van der Waals surface area contributed by atoms with Crippen molar-refractivity contribution in [1.29, 1.82) is 0 Å². The summed E-state index contributed by atoms with van der Waals surface area (Å²) in [6, 6.07) is 9.88. The maximum absolute atomic E-state index is 13.1. The summed E-state index contributed by atoms with van der Waals surface area (Å²) in [5.74, 6) is -0.866. The smallest absolute Gasteiger partial charge is 0.295 e. The molecular weight excluding hydrogens is 418 g/mol. The molecule has 1 aromatic carbocycles. The highest BCUT2D eigenvalue weighted by Crippen LogP contribution is 2.39. The van der Waals surface area contributed by atoms with E-state index in [1.807, 2.05) is 13.0 Å². The third-order valence-corrected chi connectivity index (χ3v) is 5.89. The van der Waals surface area contributed by atoms with E-state index in [4.69, 9.17) is 4.74 Å². The van der Waals surface area contributed by atoms with Crippen LogP contribution in [-0.2, 0) is 9.59 Å². The highest BCUT2D eigenvalue weighted by Gasteiger charge is 2.45. The molecule has 7 heteroatoms. The molecule has 2 aromatic rings. The van der Waals surface area contributed by atoms with E-state index in [0.29, 0.717) is 30.0 Å². The van der Waals surface area contributed by atoms with Gasteiger partial charge in [0, 0.05) is 24.5 Å². The lowest BCUT2D eigenvalue weighted by molar-refractivity contribution is -0.140. The van der Waals surface area contributed by atoms with Crippen molar-refractivity contribution < 1.29 is 19.4 Å². The van der Waals surface area contributed by atoms with Crippen molar-refractivity contribution in [3.8, 4) is 5.75 Å². The van der Waals surface area contributed by atoms with E-state index in [-0.39, 0.29) is 11.3 Å². The predicted molar refractivity (Wildman–Crippen MR) is 128 cm³/mol. The normalized spacial score (nSPS) is 17.7. The fraction of sp³-hybridized carbons (Fsp3) is 0.423. The SMILES string of the molecule is CCCOc1cccc(/C(O)=C2\C(=O)C(=O)N(CCCN(CC)CC)C2c2cccnc2)c1. The summed E-state index contributed by atoms with van der Waals surface area (Å²) in [4.78, 5) is 34.2. The molecule has 0 radical (unpaired) electrons. The van der Waals surface area contributed by atoms with E-state index in [9.17, 15) is 14.7 Å². The Labute approximate surface area is 195 Å². The van der Waals surface area contributed by atoms with Gasteiger partial charge in [-0.3, -0.25) is 14.6 Å². The van der Waals surface area contributed by atoms with Crippen LogP contribution in [0.1, 0.15) is 50.8 Å². The first-order valence-electron chi connectivity index (χ1n) is 11.7. The van der Waals surface area contributed by atoms with Crippen LogP contribution in [0.2, 0.25) is 0 Å². The summed E-state index contributed by atoms with van der Waals surface area (Å²) >= 11 is 0. The number of likely N-dealkylation sites (tertiary alicyclic amines) is 1. The zero-order chi connectivity index (χ0) is 23.8. The zero-order valence-electron chi connectivity index (χ0n) is 19.7. The van der Waals surface area contributed by atoms with Crippen molar-refractivity contribution in [2.75, 3.05) is 32.8 Å². The molecule has 1 atom stereocenters. The van der Waals surface area contributed by atoms with Gasteiger partial charge in [0.1, 0.15) is 11.5 Å². The maximum atomic E-state index is 13.1. The number of hydrogen-bond donors (Lipinski definition) is 1. The van der Waals surface area contributed by atoms with Crippen LogP contribution in [0, 0.1) is 0 Å². The first-order valence-corrected chi connectivity index (χ1v) is 11.7. The van der Waals surface area contributed by atoms with Gasteiger partial charge in [-0.2, -0.15) is 0 Å². The van der Waals surface area contributed by atoms with Gasteiger partial charge in [0.15, 0.2) is 0 Å². The number of hydrogen-bond acceptors (Lipinski definition) is 6. The fourth-order valence-electron chi connectivity index (χ4n) is 4.11. The lowest BCUT2D eigenvalue weighted by atomic mass is 9.96. The molecule has 0 aliphatic carbocycles. The molecule has 7 nitrogen and oxygen atoms in total. The summed E-state index contributed by atoms with van der Waals surface area (Å²) in [7, 11) is 0. The van der Waals surface area contributed by atoms with E-state index in [1.54, 1.807) is 47.6 Å². The van der Waals surface area contributed by atoms with E-state index in [1.165, 1.54) is 0 Å². The summed E-state index contributed by atoms with van der Waals surface area (Å²) in [5, 5.41) is 11.2. The van der Waals surface area contributed by atoms with Gasteiger partial charge in [0.05, 0.1) is 18.2 Å². The summed E-state index contributed by atoms with van der Waals surface area (Å²) in [6.45, 7) is 9.86. The number of Topliss-reactive ketones (excluding diaryl/α,β-unsaturated/α-hetero) is 1.